The molecule has 2 atom stereocenters. The van der Waals surface area contributed by atoms with Gasteiger partial charge in [-0.25, -0.2) is 0 Å². The maximum absolute atomic E-state index is 11.4. The Morgan fingerprint density at radius 2 is 1.06 bits per heavy atom. The molecule has 0 heterocycles. The van der Waals surface area contributed by atoms with Crippen LogP contribution in [0.25, 0.3) is 0 Å². The van der Waals surface area contributed by atoms with E-state index in [0.29, 0.717) is 32.1 Å². The fourth-order valence-corrected chi connectivity index (χ4v) is 5.29. The molecule has 172 valence electrons. The zero-order chi connectivity index (χ0) is 23.6. The van der Waals surface area contributed by atoms with Gasteiger partial charge in [0.2, 0.25) is 0 Å². The van der Waals surface area contributed by atoms with E-state index in [-0.39, 0.29) is 11.5 Å². The summed E-state index contributed by atoms with van der Waals surface area (Å²) in [6.45, 7) is 3.95. The van der Waals surface area contributed by atoms with E-state index < -0.39 is 11.2 Å². The van der Waals surface area contributed by atoms with Gasteiger partial charge in [0.15, 0.2) is 0 Å². The lowest BCUT2D eigenvalue weighted by Crippen LogP contribution is -2.33. The molecule has 2 aliphatic carbocycles. The second-order valence-electron chi connectivity index (χ2n) is 9.73. The number of hydrogen-bond acceptors (Lipinski definition) is 4. The molecule has 4 heteroatoms. The highest BCUT2D eigenvalue weighted by molar-refractivity contribution is 5.42. The van der Waals surface area contributed by atoms with Crippen molar-refractivity contribution in [3.05, 3.63) is 106 Å². The van der Waals surface area contributed by atoms with Gasteiger partial charge in [-0.1, -0.05) is 70.8 Å². The molecule has 0 saturated heterocycles. The van der Waals surface area contributed by atoms with Crippen LogP contribution in [0.4, 0.5) is 0 Å². The van der Waals surface area contributed by atoms with Crippen LogP contribution in [0.1, 0.15) is 44.2 Å². The maximum atomic E-state index is 11.4. The third-order valence-electron chi connectivity index (χ3n) is 6.35. The lowest BCUT2D eigenvalue weighted by Gasteiger charge is -2.33. The first-order valence-corrected chi connectivity index (χ1v) is 11.4. The third-order valence-corrected chi connectivity index (χ3v) is 6.35. The minimum atomic E-state index is -1.07. The number of aliphatic hydroxyl groups is 2. The van der Waals surface area contributed by atoms with Crippen molar-refractivity contribution in [1.29, 1.82) is 0 Å². The molecule has 2 aromatic rings. The number of benzene rings is 2. The molecule has 0 aromatic heterocycles. The summed E-state index contributed by atoms with van der Waals surface area (Å²) < 4.78 is 0. The van der Waals surface area contributed by atoms with Crippen LogP contribution >= 0.6 is 0 Å². The molecule has 0 saturated carbocycles. The predicted molar refractivity (Wildman–Crippen MR) is 131 cm³/mol. The Balaban J connectivity index is 1.50. The first-order chi connectivity index (χ1) is 15.6. The summed E-state index contributed by atoms with van der Waals surface area (Å²) in [5.41, 5.74) is 3.47. The van der Waals surface area contributed by atoms with Crippen LogP contribution in [-0.2, 0) is 12.8 Å². The van der Waals surface area contributed by atoms with E-state index in [9.17, 15) is 20.4 Å². The number of aromatic hydroxyl groups is 2. The minimum absolute atomic E-state index is 0.193. The molecule has 0 amide bonds. The molecule has 0 bridgehead atoms. The van der Waals surface area contributed by atoms with Crippen LogP contribution in [0.2, 0.25) is 0 Å². The van der Waals surface area contributed by atoms with Crippen LogP contribution in [-0.4, -0.2) is 31.6 Å². The molecule has 4 nitrogen and oxygen atoms in total. The number of hydrogen-bond donors (Lipinski definition) is 4. The normalized spacial score (nSPS) is 25.1. The minimum Gasteiger partial charge on any atom is -0.508 e. The van der Waals surface area contributed by atoms with Crippen LogP contribution in [0.5, 0.6) is 11.5 Å². The zero-order valence-electron chi connectivity index (χ0n) is 19.3. The average molecular weight is 445 g/mol. The Hall–Kier alpha value is -3.08. The van der Waals surface area contributed by atoms with Crippen molar-refractivity contribution in [2.75, 3.05) is 0 Å². The van der Waals surface area contributed by atoms with Gasteiger partial charge in [-0.3, -0.25) is 0 Å². The summed E-state index contributed by atoms with van der Waals surface area (Å²) in [6.07, 6.45) is 10.2. The fourth-order valence-electron chi connectivity index (χ4n) is 5.29. The van der Waals surface area contributed by atoms with Crippen LogP contribution < -0.4 is 0 Å². The molecule has 33 heavy (non-hydrogen) atoms. The van der Waals surface area contributed by atoms with Crippen molar-refractivity contribution in [1.82, 2.24) is 0 Å². The van der Waals surface area contributed by atoms with E-state index in [4.69, 9.17) is 0 Å². The molecule has 0 spiro atoms. The van der Waals surface area contributed by atoms with E-state index in [1.165, 1.54) is 0 Å². The summed E-state index contributed by atoms with van der Waals surface area (Å²) in [7, 11) is 0. The standard InChI is InChI=1S/C29H32O4/c1-20-11-22(16-28(32,14-20)18-24-7-3-5-9-26(24)30)13-23-12-21(2)15-29(33,17-23)19-25-8-4-6-10-27(25)31/h3-12,14-15,30-33H,13,16-19H2,1-2H3. The highest BCUT2D eigenvalue weighted by atomic mass is 16.3. The number of allylic oxidation sites excluding steroid dienone is 4. The molecule has 0 radical (unpaired) electrons. The molecular formula is C29H32O4. The van der Waals surface area contributed by atoms with Crippen molar-refractivity contribution in [2.24, 2.45) is 0 Å². The van der Waals surface area contributed by atoms with Gasteiger partial charge in [0.1, 0.15) is 11.5 Å². The van der Waals surface area contributed by atoms with Crippen molar-refractivity contribution in [3.63, 3.8) is 0 Å². The largest absolute Gasteiger partial charge is 0.508 e. The molecule has 2 aromatic carbocycles. The Bertz CT molecular complexity index is 1080. The number of phenolic OH excluding ortho intramolecular Hbond substituents is 2. The lowest BCUT2D eigenvalue weighted by molar-refractivity contribution is 0.0849. The zero-order valence-corrected chi connectivity index (χ0v) is 19.3. The Morgan fingerprint density at radius 1 is 0.667 bits per heavy atom. The first-order valence-electron chi connectivity index (χ1n) is 11.4. The van der Waals surface area contributed by atoms with Gasteiger partial charge in [0, 0.05) is 25.7 Å². The second kappa shape index (κ2) is 9.05. The first kappa shape index (κ1) is 23.1. The highest BCUT2D eigenvalue weighted by Crippen LogP contribution is 2.38. The second-order valence-corrected chi connectivity index (χ2v) is 9.73. The average Bonchev–Trinajstić information content (AvgIpc) is 2.70. The number of rotatable bonds is 6. The maximum Gasteiger partial charge on any atom is 0.118 e. The monoisotopic (exact) mass is 444 g/mol. The molecule has 4 rings (SSSR count). The summed E-state index contributed by atoms with van der Waals surface area (Å²) in [5, 5.41) is 43.1. The topological polar surface area (TPSA) is 80.9 Å². The van der Waals surface area contributed by atoms with Gasteiger partial charge >= 0.3 is 0 Å². The molecule has 0 aliphatic heterocycles. The smallest absolute Gasteiger partial charge is 0.118 e. The van der Waals surface area contributed by atoms with Crippen molar-refractivity contribution in [2.45, 2.75) is 57.2 Å². The van der Waals surface area contributed by atoms with E-state index in [2.05, 4.69) is 12.2 Å². The van der Waals surface area contributed by atoms with Crippen LogP contribution in [0, 0.1) is 0 Å². The molecule has 2 aliphatic rings. The van der Waals surface area contributed by atoms with Gasteiger partial charge in [0.25, 0.3) is 0 Å². The molecular weight excluding hydrogens is 412 g/mol. The van der Waals surface area contributed by atoms with E-state index in [1.54, 1.807) is 24.3 Å². The van der Waals surface area contributed by atoms with Gasteiger partial charge < -0.3 is 20.4 Å². The van der Waals surface area contributed by atoms with Crippen molar-refractivity contribution >= 4 is 0 Å². The number of para-hydroxylation sites is 2. The quantitative estimate of drug-likeness (QED) is 0.488. The van der Waals surface area contributed by atoms with Gasteiger partial charge in [-0.15, -0.1) is 0 Å². The third kappa shape index (κ3) is 5.65. The van der Waals surface area contributed by atoms with E-state index in [0.717, 1.165) is 33.4 Å². The summed E-state index contributed by atoms with van der Waals surface area (Å²) >= 11 is 0. The summed E-state index contributed by atoms with van der Waals surface area (Å²) in [4.78, 5) is 0. The Morgan fingerprint density at radius 3 is 1.45 bits per heavy atom. The number of phenols is 2. The van der Waals surface area contributed by atoms with Gasteiger partial charge in [-0.2, -0.15) is 0 Å². The predicted octanol–water partition coefficient (Wildman–Crippen LogP) is 5.29. The van der Waals surface area contributed by atoms with Crippen molar-refractivity contribution < 1.29 is 20.4 Å². The highest BCUT2D eigenvalue weighted by Gasteiger charge is 2.33. The molecule has 2 unspecified atom stereocenters. The Labute approximate surface area is 195 Å². The fraction of sp³-hybridized carbons (Fsp3) is 0.310. The van der Waals surface area contributed by atoms with Crippen LogP contribution in [0.15, 0.2) is 95.1 Å². The van der Waals surface area contributed by atoms with Gasteiger partial charge in [0.05, 0.1) is 11.2 Å². The SMILES string of the molecule is CC1=CC(O)(Cc2ccccc2O)CC(CC2=CC(C)=CC(O)(Cc3ccccc3O)C2)=C1. The summed E-state index contributed by atoms with van der Waals surface area (Å²) in [5.74, 6) is 0.385. The van der Waals surface area contributed by atoms with Crippen molar-refractivity contribution in [3.8, 4) is 11.5 Å². The van der Waals surface area contributed by atoms with E-state index >= 15 is 0 Å². The van der Waals surface area contributed by atoms with E-state index in [1.807, 2.05) is 50.3 Å². The molecule has 4 N–H and O–H groups in total. The molecule has 0 fully saturated rings. The lowest BCUT2D eigenvalue weighted by atomic mass is 9.77. The van der Waals surface area contributed by atoms with Gasteiger partial charge in [-0.05, 0) is 55.7 Å². The Kier molecular flexibility index (Phi) is 6.33. The summed E-state index contributed by atoms with van der Waals surface area (Å²) in [6, 6.07) is 14.2. The van der Waals surface area contributed by atoms with Crippen LogP contribution in [0.3, 0.4) is 0 Å².